The minimum absolute atomic E-state index is 0.151. The number of nitrogens with zero attached hydrogens (tertiary/aromatic N) is 4. The van der Waals surface area contributed by atoms with Crippen LogP contribution in [0.25, 0.3) is 0 Å². The molecule has 5 amide bonds. The molecule has 0 spiro atoms. The van der Waals surface area contributed by atoms with Crippen molar-refractivity contribution >= 4 is 29.5 Å². The minimum Gasteiger partial charge on any atom is -0.368 e. The molecule has 0 radical (unpaired) electrons. The number of amides is 5. The molecule has 4 aliphatic heterocycles. The van der Waals surface area contributed by atoms with Crippen LogP contribution < -0.4 is 5.73 Å². The maximum atomic E-state index is 15.2. The van der Waals surface area contributed by atoms with Gasteiger partial charge in [0.25, 0.3) is 0 Å². The molecule has 3 aromatic carbocycles. The monoisotopic (exact) mass is 675 g/mol. The van der Waals surface area contributed by atoms with Gasteiger partial charge in [-0.3, -0.25) is 24.0 Å². The van der Waals surface area contributed by atoms with E-state index in [0.29, 0.717) is 51.9 Å². The lowest BCUT2D eigenvalue weighted by Crippen LogP contribution is -2.58. The Morgan fingerprint density at radius 3 is 1.28 bits per heavy atom. The first-order valence-electron chi connectivity index (χ1n) is 17.9. The zero-order valence-electron chi connectivity index (χ0n) is 28.5. The van der Waals surface area contributed by atoms with Crippen LogP contribution in [0.1, 0.15) is 73.5 Å². The molecule has 2 N–H and O–H groups in total. The molecule has 4 fully saturated rings. The normalized spacial score (nSPS) is 27.9. The van der Waals surface area contributed by atoms with Crippen molar-refractivity contribution in [1.82, 2.24) is 19.6 Å². The Labute approximate surface area is 293 Å². The summed E-state index contributed by atoms with van der Waals surface area (Å²) in [6.45, 7) is 3.04. The average Bonchev–Trinajstić information content (AvgIpc) is 3.97. The molecule has 3 aromatic rings. The summed E-state index contributed by atoms with van der Waals surface area (Å²) in [6.07, 6.45) is 3.00. The molecule has 260 valence electrons. The van der Waals surface area contributed by atoms with Gasteiger partial charge in [0.1, 0.15) is 24.2 Å². The second-order valence-electron chi connectivity index (χ2n) is 14.1. The van der Waals surface area contributed by atoms with E-state index in [2.05, 4.69) is 0 Å². The van der Waals surface area contributed by atoms with Gasteiger partial charge in [-0.05, 0) is 48.8 Å². The van der Waals surface area contributed by atoms with Crippen LogP contribution in [0.5, 0.6) is 0 Å². The molecule has 7 rings (SSSR count). The summed E-state index contributed by atoms with van der Waals surface area (Å²) in [6, 6.07) is 26.0. The maximum Gasteiger partial charge on any atom is 0.246 e. The Balaban J connectivity index is 1.25. The molecule has 10 nitrogen and oxygen atoms in total. The molecule has 50 heavy (non-hydrogen) atoms. The molecule has 0 aromatic heterocycles. The van der Waals surface area contributed by atoms with Crippen molar-refractivity contribution in [2.75, 3.05) is 26.2 Å². The Morgan fingerprint density at radius 1 is 0.500 bits per heavy atom. The standard InChI is InChI=1S/C40H45N5O5/c1-26(46)42-22-11-18-33(42)38(48)44-24-20-31(28-14-7-3-8-15-28)35(44)40(50)45-25-21-32(29-16-9-4-10-17-29)36(45)39(49)43-23-19-30(34(43)37(41)47)27-12-5-2-6-13-27/h2-10,12-17,30-36H,11,18-25H2,1H3,(H2,41,47)/t30?,31?,32?,33-,34-,35-,36-/m0/s1. The van der Waals surface area contributed by atoms with Crippen molar-refractivity contribution in [2.45, 2.75) is 80.9 Å². The molecule has 0 bridgehead atoms. The fourth-order valence-electron chi connectivity index (χ4n) is 9.16. The van der Waals surface area contributed by atoms with Gasteiger partial charge in [-0.1, -0.05) is 91.0 Å². The summed E-state index contributed by atoms with van der Waals surface area (Å²) in [5.74, 6) is -2.34. The number of carbonyl (C=O) groups is 5. The van der Waals surface area contributed by atoms with Crippen molar-refractivity contribution in [1.29, 1.82) is 0 Å². The van der Waals surface area contributed by atoms with E-state index in [0.717, 1.165) is 23.1 Å². The number of primary amides is 1. The second kappa shape index (κ2) is 14.1. The minimum atomic E-state index is -0.879. The van der Waals surface area contributed by atoms with Crippen LogP contribution >= 0.6 is 0 Å². The summed E-state index contributed by atoms with van der Waals surface area (Å²) in [7, 11) is 0. The molecule has 0 saturated carbocycles. The number of nitrogens with two attached hydrogens (primary N) is 1. The highest BCUT2D eigenvalue weighted by Crippen LogP contribution is 2.42. The van der Waals surface area contributed by atoms with Crippen molar-refractivity contribution < 1.29 is 24.0 Å². The maximum absolute atomic E-state index is 15.2. The van der Waals surface area contributed by atoms with Gasteiger partial charge >= 0.3 is 0 Å². The fraction of sp³-hybridized carbons (Fsp3) is 0.425. The first kappa shape index (κ1) is 33.5. The van der Waals surface area contributed by atoms with Crippen LogP contribution in [0.4, 0.5) is 0 Å². The van der Waals surface area contributed by atoms with Gasteiger partial charge in [-0.25, -0.2) is 0 Å². The van der Waals surface area contributed by atoms with E-state index in [1.807, 2.05) is 91.0 Å². The Bertz CT molecular complexity index is 1740. The third-order valence-corrected chi connectivity index (χ3v) is 11.5. The zero-order chi connectivity index (χ0) is 34.9. The molecular weight excluding hydrogens is 630 g/mol. The van der Waals surface area contributed by atoms with Crippen LogP contribution in [-0.2, 0) is 24.0 Å². The van der Waals surface area contributed by atoms with Crippen LogP contribution in [0.2, 0.25) is 0 Å². The number of rotatable bonds is 7. The predicted molar refractivity (Wildman–Crippen MR) is 188 cm³/mol. The molecule has 0 aliphatic carbocycles. The van der Waals surface area contributed by atoms with Crippen LogP contribution in [0.3, 0.4) is 0 Å². The zero-order valence-corrected chi connectivity index (χ0v) is 28.5. The topological polar surface area (TPSA) is 124 Å². The quantitative estimate of drug-likeness (QED) is 0.410. The number of hydrogen-bond acceptors (Lipinski definition) is 5. The van der Waals surface area contributed by atoms with E-state index >= 15 is 4.79 Å². The molecule has 4 aliphatic rings. The molecule has 10 heteroatoms. The summed E-state index contributed by atoms with van der Waals surface area (Å²) in [5.41, 5.74) is 8.88. The van der Waals surface area contributed by atoms with E-state index in [4.69, 9.17) is 5.73 Å². The first-order valence-corrected chi connectivity index (χ1v) is 17.9. The van der Waals surface area contributed by atoms with E-state index in [9.17, 15) is 19.2 Å². The van der Waals surface area contributed by atoms with E-state index in [1.165, 1.54) is 6.92 Å². The summed E-state index contributed by atoms with van der Waals surface area (Å²) >= 11 is 0. The first-order chi connectivity index (χ1) is 24.3. The Morgan fingerprint density at radius 2 is 0.880 bits per heavy atom. The highest BCUT2D eigenvalue weighted by molar-refractivity contribution is 5.97. The third-order valence-electron chi connectivity index (χ3n) is 11.5. The van der Waals surface area contributed by atoms with Crippen molar-refractivity contribution in [2.24, 2.45) is 5.73 Å². The van der Waals surface area contributed by atoms with Gasteiger partial charge in [0.2, 0.25) is 29.5 Å². The van der Waals surface area contributed by atoms with Gasteiger partial charge in [-0.2, -0.15) is 0 Å². The van der Waals surface area contributed by atoms with E-state index in [1.54, 1.807) is 19.6 Å². The Kier molecular flexibility index (Phi) is 9.44. The van der Waals surface area contributed by atoms with Gasteiger partial charge in [-0.15, -0.1) is 0 Å². The summed E-state index contributed by atoms with van der Waals surface area (Å²) in [4.78, 5) is 76.6. The number of hydrogen-bond donors (Lipinski definition) is 1. The van der Waals surface area contributed by atoms with Gasteiger partial charge in [0.05, 0.1) is 0 Å². The molecule has 4 saturated heterocycles. The lowest BCUT2D eigenvalue weighted by Gasteiger charge is -2.38. The average molecular weight is 676 g/mol. The smallest absolute Gasteiger partial charge is 0.246 e. The molecule has 7 atom stereocenters. The van der Waals surface area contributed by atoms with Crippen LogP contribution in [0, 0.1) is 0 Å². The van der Waals surface area contributed by atoms with Crippen LogP contribution in [-0.4, -0.2) is 99.5 Å². The number of carbonyl (C=O) groups excluding carboxylic acids is 5. The predicted octanol–water partition coefficient (Wildman–Crippen LogP) is 3.64. The van der Waals surface area contributed by atoms with Crippen LogP contribution in [0.15, 0.2) is 91.0 Å². The summed E-state index contributed by atoms with van der Waals surface area (Å²) < 4.78 is 0. The highest BCUT2D eigenvalue weighted by Gasteiger charge is 2.54. The van der Waals surface area contributed by atoms with E-state index in [-0.39, 0.29) is 41.4 Å². The molecule has 4 heterocycles. The van der Waals surface area contributed by atoms with Gasteiger partial charge in [0, 0.05) is 50.9 Å². The second-order valence-corrected chi connectivity index (χ2v) is 14.1. The summed E-state index contributed by atoms with van der Waals surface area (Å²) in [5, 5.41) is 0. The van der Waals surface area contributed by atoms with Crippen molar-refractivity contribution in [3.63, 3.8) is 0 Å². The van der Waals surface area contributed by atoms with Crippen molar-refractivity contribution in [3.05, 3.63) is 108 Å². The molecule has 3 unspecified atom stereocenters. The van der Waals surface area contributed by atoms with Crippen molar-refractivity contribution in [3.8, 4) is 0 Å². The highest BCUT2D eigenvalue weighted by atomic mass is 16.2. The Hall–Kier alpha value is -4.99. The largest absolute Gasteiger partial charge is 0.368 e. The third kappa shape index (κ3) is 6.05. The number of benzene rings is 3. The molecular formula is C40H45N5O5. The van der Waals surface area contributed by atoms with Gasteiger partial charge < -0.3 is 25.3 Å². The lowest BCUT2D eigenvalue weighted by atomic mass is 9.88. The SMILES string of the molecule is CC(=O)N1CCC[C@H]1C(=O)N1CCC(c2ccccc2)[C@H]1C(=O)N1CCC(c2ccccc2)[C@H]1C(=O)N1CCC(c2ccccc2)[C@H]1C(N)=O. The van der Waals surface area contributed by atoms with E-state index < -0.39 is 30.1 Å². The van der Waals surface area contributed by atoms with Gasteiger partial charge in [0.15, 0.2) is 0 Å². The number of likely N-dealkylation sites (tertiary alicyclic amines) is 4. The fourth-order valence-corrected chi connectivity index (χ4v) is 9.16. The lowest BCUT2D eigenvalue weighted by molar-refractivity contribution is -0.152.